The topological polar surface area (TPSA) is 168 Å². The normalized spacial score (nSPS) is 11.7. The monoisotopic (exact) mass is 673 g/mol. The summed E-state index contributed by atoms with van der Waals surface area (Å²) in [5.74, 6) is -2.97. The minimum absolute atomic E-state index is 0.0143. The molecule has 7 N–H and O–H groups in total. The average Bonchev–Trinajstić information content (AvgIpc) is 3.14. The predicted octanol–water partition coefficient (Wildman–Crippen LogP) is 4.90. The van der Waals surface area contributed by atoms with Gasteiger partial charge in [0, 0.05) is 25.1 Å². The van der Waals surface area contributed by atoms with Crippen molar-refractivity contribution in [3.63, 3.8) is 0 Å². The molecule has 10 nitrogen and oxygen atoms in total. The van der Waals surface area contributed by atoms with Gasteiger partial charge >= 0.3 is 0 Å². The van der Waals surface area contributed by atoms with Gasteiger partial charge in [-0.2, -0.15) is 0 Å². The van der Waals surface area contributed by atoms with Crippen LogP contribution in [0.1, 0.15) is 45.5 Å². The fourth-order valence-electron chi connectivity index (χ4n) is 5.92. The molecular formula is C40H39N3O7. The Morgan fingerprint density at radius 3 is 1.64 bits per heavy atom. The second-order valence-electron chi connectivity index (χ2n) is 11.9. The van der Waals surface area contributed by atoms with E-state index in [0.717, 1.165) is 28.8 Å². The van der Waals surface area contributed by atoms with Gasteiger partial charge in [0.25, 0.3) is 5.91 Å². The van der Waals surface area contributed by atoms with Crippen molar-refractivity contribution in [3.05, 3.63) is 155 Å². The van der Waals surface area contributed by atoms with Gasteiger partial charge in [-0.15, -0.1) is 0 Å². The van der Waals surface area contributed by atoms with E-state index in [-0.39, 0.29) is 48.9 Å². The van der Waals surface area contributed by atoms with Crippen LogP contribution in [0.2, 0.25) is 0 Å². The van der Waals surface area contributed by atoms with Crippen LogP contribution in [0.3, 0.4) is 0 Å². The molecule has 5 rings (SSSR count). The summed E-state index contributed by atoms with van der Waals surface area (Å²) in [7, 11) is 0. The summed E-state index contributed by atoms with van der Waals surface area (Å²) in [5, 5.41) is 47.5. The summed E-state index contributed by atoms with van der Waals surface area (Å²) in [6.07, 6.45) is 0.190. The van der Waals surface area contributed by atoms with Crippen molar-refractivity contribution in [2.45, 2.75) is 30.7 Å². The summed E-state index contributed by atoms with van der Waals surface area (Å²) < 4.78 is 0. The number of phenolic OH excluding ortho intramolecular Hbond substituents is 4. The third kappa shape index (κ3) is 8.40. The Bertz CT molecular complexity index is 1820. The molecule has 3 amide bonds. The highest BCUT2D eigenvalue weighted by Crippen LogP contribution is 2.38. The first-order chi connectivity index (χ1) is 24.2. The van der Waals surface area contributed by atoms with Crippen LogP contribution in [0.15, 0.2) is 127 Å². The Labute approximate surface area is 290 Å². The zero-order valence-corrected chi connectivity index (χ0v) is 27.3. The van der Waals surface area contributed by atoms with Gasteiger partial charge in [0.1, 0.15) is 6.04 Å². The maximum atomic E-state index is 13.5. The second-order valence-corrected chi connectivity index (χ2v) is 11.9. The minimum Gasteiger partial charge on any atom is -0.504 e. The summed E-state index contributed by atoms with van der Waals surface area (Å²) in [4.78, 5) is 40.1. The number of hydrogen-bond acceptors (Lipinski definition) is 7. The van der Waals surface area contributed by atoms with Crippen LogP contribution in [0.5, 0.6) is 23.0 Å². The van der Waals surface area contributed by atoms with E-state index >= 15 is 0 Å². The molecule has 5 aromatic carbocycles. The highest BCUT2D eigenvalue weighted by Gasteiger charge is 2.36. The molecule has 1 atom stereocenters. The third-order valence-corrected chi connectivity index (χ3v) is 8.62. The first-order valence-electron chi connectivity index (χ1n) is 16.2. The van der Waals surface area contributed by atoms with Crippen molar-refractivity contribution in [1.29, 1.82) is 0 Å². The van der Waals surface area contributed by atoms with Gasteiger partial charge in [0.2, 0.25) is 11.8 Å². The zero-order valence-electron chi connectivity index (χ0n) is 27.3. The fraction of sp³-hybridized carbons (Fsp3) is 0.175. The Morgan fingerprint density at radius 2 is 1.12 bits per heavy atom. The molecule has 10 heteroatoms. The van der Waals surface area contributed by atoms with Crippen LogP contribution < -0.4 is 16.0 Å². The molecule has 0 fully saturated rings. The molecule has 0 radical (unpaired) electrons. The number of aromatic hydroxyl groups is 4. The van der Waals surface area contributed by atoms with E-state index in [4.69, 9.17) is 0 Å². The first kappa shape index (κ1) is 35.0. The molecule has 0 saturated heterocycles. The lowest BCUT2D eigenvalue weighted by atomic mass is 9.69. The SMILES string of the molecule is O=C(CC[C@H](NC(=O)c1ccc(O)c(O)c1)C(=O)NCCc1ccc(O)c(O)c1)NCC(c1ccccc1)(c1ccccc1)c1ccccc1. The highest BCUT2D eigenvalue weighted by atomic mass is 16.3. The lowest BCUT2D eigenvalue weighted by molar-refractivity contribution is -0.124. The maximum Gasteiger partial charge on any atom is 0.252 e. The van der Waals surface area contributed by atoms with E-state index in [1.807, 2.05) is 91.0 Å². The van der Waals surface area contributed by atoms with Crippen LogP contribution in [0.4, 0.5) is 0 Å². The third-order valence-electron chi connectivity index (χ3n) is 8.62. The van der Waals surface area contributed by atoms with Crippen LogP contribution in [0.25, 0.3) is 0 Å². The molecule has 0 bridgehead atoms. The standard InChI is InChI=1S/C40H39N3O7/c44-33-19-16-27(24-35(33)46)22-23-41-39(50)32(43-38(49)28-17-20-34(45)36(47)25-28)18-21-37(48)42-26-40(29-10-4-1-5-11-29,30-12-6-2-7-13-30)31-14-8-3-9-15-31/h1-17,19-20,24-25,32,44-47H,18,21-23,26H2,(H,41,50)(H,42,48)(H,43,49)/t32-/m0/s1. The molecule has 0 heterocycles. The van der Waals surface area contributed by atoms with Crippen molar-refractivity contribution < 1.29 is 34.8 Å². The van der Waals surface area contributed by atoms with Gasteiger partial charge in [-0.3, -0.25) is 14.4 Å². The summed E-state index contributed by atoms with van der Waals surface area (Å²) in [5.41, 5.74) is 2.91. The van der Waals surface area contributed by atoms with Crippen LogP contribution >= 0.6 is 0 Å². The second kappa shape index (κ2) is 16.2. The zero-order chi connectivity index (χ0) is 35.5. The van der Waals surface area contributed by atoms with Crippen LogP contribution in [-0.4, -0.2) is 57.3 Å². The first-order valence-corrected chi connectivity index (χ1v) is 16.2. The van der Waals surface area contributed by atoms with E-state index in [0.29, 0.717) is 12.0 Å². The summed E-state index contributed by atoms with van der Waals surface area (Å²) in [6, 6.07) is 36.6. The summed E-state index contributed by atoms with van der Waals surface area (Å²) in [6.45, 7) is 0.370. The van der Waals surface area contributed by atoms with E-state index in [2.05, 4.69) is 16.0 Å². The molecule has 0 aliphatic carbocycles. The molecule has 0 aliphatic heterocycles. The number of carbonyl (C=O) groups is 3. The summed E-state index contributed by atoms with van der Waals surface area (Å²) >= 11 is 0. The van der Waals surface area contributed by atoms with Gasteiger partial charge < -0.3 is 36.4 Å². The smallest absolute Gasteiger partial charge is 0.252 e. The molecule has 0 aliphatic rings. The quantitative estimate of drug-likeness (QED) is 0.0650. The molecule has 0 aromatic heterocycles. The number of nitrogens with one attached hydrogen (secondary N) is 3. The molecule has 50 heavy (non-hydrogen) atoms. The number of benzene rings is 5. The van der Waals surface area contributed by atoms with Crippen molar-refractivity contribution in [1.82, 2.24) is 16.0 Å². The maximum absolute atomic E-state index is 13.5. The number of hydrogen-bond donors (Lipinski definition) is 7. The van der Waals surface area contributed by atoms with Crippen molar-refractivity contribution in [2.24, 2.45) is 0 Å². The highest BCUT2D eigenvalue weighted by molar-refractivity contribution is 5.98. The number of amides is 3. The number of rotatable bonds is 14. The van der Waals surface area contributed by atoms with Gasteiger partial charge in [0.15, 0.2) is 23.0 Å². The Morgan fingerprint density at radius 1 is 0.600 bits per heavy atom. The molecular weight excluding hydrogens is 634 g/mol. The average molecular weight is 674 g/mol. The number of carbonyl (C=O) groups excluding carboxylic acids is 3. The lowest BCUT2D eigenvalue weighted by Gasteiger charge is -2.36. The van der Waals surface area contributed by atoms with Crippen molar-refractivity contribution >= 4 is 17.7 Å². The van der Waals surface area contributed by atoms with Gasteiger partial charge in [-0.25, -0.2) is 0 Å². The Balaban J connectivity index is 1.32. The van der Waals surface area contributed by atoms with Crippen LogP contribution in [-0.2, 0) is 21.4 Å². The van der Waals surface area contributed by atoms with E-state index in [9.17, 15) is 34.8 Å². The van der Waals surface area contributed by atoms with E-state index in [1.165, 1.54) is 18.2 Å². The van der Waals surface area contributed by atoms with E-state index in [1.54, 1.807) is 6.07 Å². The van der Waals surface area contributed by atoms with Crippen molar-refractivity contribution in [2.75, 3.05) is 13.1 Å². The van der Waals surface area contributed by atoms with Crippen molar-refractivity contribution in [3.8, 4) is 23.0 Å². The molecule has 5 aromatic rings. The minimum atomic E-state index is -1.13. The Hall–Kier alpha value is -6.29. The predicted molar refractivity (Wildman–Crippen MR) is 189 cm³/mol. The Kier molecular flexibility index (Phi) is 11.4. The largest absolute Gasteiger partial charge is 0.504 e. The van der Waals surface area contributed by atoms with E-state index < -0.39 is 34.8 Å². The fourth-order valence-corrected chi connectivity index (χ4v) is 5.92. The van der Waals surface area contributed by atoms with Gasteiger partial charge in [0.05, 0.1) is 5.41 Å². The van der Waals surface area contributed by atoms with Gasteiger partial charge in [-0.1, -0.05) is 97.1 Å². The molecule has 0 saturated carbocycles. The molecule has 0 unspecified atom stereocenters. The molecule has 256 valence electrons. The van der Waals surface area contributed by atoms with Crippen LogP contribution in [0, 0.1) is 0 Å². The number of phenols is 4. The lowest BCUT2D eigenvalue weighted by Crippen LogP contribution is -2.48. The molecule has 0 spiro atoms. The van der Waals surface area contributed by atoms with Gasteiger partial charge in [-0.05, 0) is 65.4 Å².